The van der Waals surface area contributed by atoms with Gasteiger partial charge in [0, 0.05) is 18.4 Å². The number of rotatable bonds is 2. The van der Waals surface area contributed by atoms with E-state index in [0.29, 0.717) is 12.0 Å². The van der Waals surface area contributed by atoms with E-state index in [1.54, 1.807) is 6.07 Å². The highest BCUT2D eigenvalue weighted by Crippen LogP contribution is 2.43. The maximum atomic E-state index is 13.9. The van der Waals surface area contributed by atoms with Crippen LogP contribution in [0, 0.1) is 11.7 Å². The molecule has 1 aromatic carbocycles. The van der Waals surface area contributed by atoms with Gasteiger partial charge in [-0.2, -0.15) is 0 Å². The highest BCUT2D eigenvalue weighted by atomic mass is 19.1. The smallest absolute Gasteiger partial charge is 0.304 e. The summed E-state index contributed by atoms with van der Waals surface area (Å²) in [6.45, 7) is 3.25. The second-order valence-electron chi connectivity index (χ2n) is 4.47. The summed E-state index contributed by atoms with van der Waals surface area (Å²) in [5, 5.41) is 0. The summed E-state index contributed by atoms with van der Waals surface area (Å²) < 4.78 is 19.1. The van der Waals surface area contributed by atoms with E-state index < -0.39 is 17.5 Å². The predicted octanol–water partition coefficient (Wildman–Crippen LogP) is 2.08. The van der Waals surface area contributed by atoms with Gasteiger partial charge in [0.2, 0.25) is 0 Å². The van der Waals surface area contributed by atoms with Crippen molar-refractivity contribution >= 4 is 5.97 Å². The van der Waals surface area contributed by atoms with Crippen molar-refractivity contribution in [1.82, 2.24) is 0 Å². The Balaban J connectivity index is 2.53. The van der Waals surface area contributed by atoms with Crippen molar-refractivity contribution < 1.29 is 13.9 Å². The Hall–Kier alpha value is -1.42. The first-order chi connectivity index (χ1) is 7.99. The zero-order valence-electron chi connectivity index (χ0n) is 10.00. The first-order valence-corrected chi connectivity index (χ1v) is 5.75. The average Bonchev–Trinajstić information content (AvgIpc) is 2.51. The average molecular weight is 237 g/mol. The number of ether oxygens (including phenoxy) is 1. The van der Waals surface area contributed by atoms with Crippen LogP contribution in [0.5, 0.6) is 0 Å². The molecule has 1 aromatic rings. The van der Waals surface area contributed by atoms with Crippen LogP contribution in [0.2, 0.25) is 0 Å². The van der Waals surface area contributed by atoms with Gasteiger partial charge in [-0.3, -0.25) is 10.5 Å². The van der Waals surface area contributed by atoms with E-state index in [1.165, 1.54) is 13.0 Å². The van der Waals surface area contributed by atoms with Gasteiger partial charge in [-0.1, -0.05) is 19.1 Å². The summed E-state index contributed by atoms with van der Waals surface area (Å²) in [4.78, 5) is 11.2. The summed E-state index contributed by atoms with van der Waals surface area (Å²) in [5.74, 6) is -0.956. The minimum absolute atomic E-state index is 0.0710. The lowest BCUT2D eigenvalue weighted by Gasteiger charge is -2.31. The fourth-order valence-corrected chi connectivity index (χ4v) is 2.62. The van der Waals surface area contributed by atoms with Gasteiger partial charge in [-0.15, -0.1) is 0 Å². The molecule has 0 heterocycles. The number of fused-ring (bicyclic) bond motifs is 1. The van der Waals surface area contributed by atoms with E-state index in [1.807, 2.05) is 13.0 Å². The first kappa shape index (κ1) is 12.0. The van der Waals surface area contributed by atoms with Crippen molar-refractivity contribution in [2.45, 2.75) is 32.4 Å². The van der Waals surface area contributed by atoms with Crippen molar-refractivity contribution in [2.24, 2.45) is 11.7 Å². The van der Waals surface area contributed by atoms with Crippen molar-refractivity contribution in [3.05, 3.63) is 35.1 Å². The van der Waals surface area contributed by atoms with Gasteiger partial charge in [0.1, 0.15) is 5.82 Å². The minimum atomic E-state index is -1.32. The molecule has 0 fully saturated rings. The summed E-state index contributed by atoms with van der Waals surface area (Å²) in [5.41, 5.74) is 6.00. The van der Waals surface area contributed by atoms with Gasteiger partial charge < -0.3 is 4.74 Å². The number of carbonyl (C=O) groups is 1. The molecule has 0 amide bonds. The van der Waals surface area contributed by atoms with Crippen LogP contribution < -0.4 is 5.73 Å². The Morgan fingerprint density at radius 2 is 2.35 bits per heavy atom. The standard InChI is InChI=1S/C13H16FNO2/c1-3-10-7-9-5-4-6-11(14)12(9)13(10,15)17-8(2)16/h4-6,10H,3,7,15H2,1-2H3/t10?,13-/m0/s1. The van der Waals surface area contributed by atoms with Crippen LogP contribution in [-0.4, -0.2) is 5.97 Å². The van der Waals surface area contributed by atoms with E-state index in [2.05, 4.69) is 0 Å². The summed E-state index contributed by atoms with van der Waals surface area (Å²) in [6, 6.07) is 4.83. The fraction of sp³-hybridized carbons (Fsp3) is 0.462. The number of esters is 1. The maximum absolute atomic E-state index is 13.9. The molecule has 0 radical (unpaired) electrons. The zero-order valence-corrected chi connectivity index (χ0v) is 10.00. The van der Waals surface area contributed by atoms with E-state index in [9.17, 15) is 9.18 Å². The summed E-state index contributed by atoms with van der Waals surface area (Å²) in [6.07, 6.45) is 1.38. The van der Waals surface area contributed by atoms with E-state index in [-0.39, 0.29) is 5.92 Å². The monoisotopic (exact) mass is 237 g/mol. The molecule has 2 atom stereocenters. The van der Waals surface area contributed by atoms with Crippen molar-refractivity contribution in [2.75, 3.05) is 0 Å². The maximum Gasteiger partial charge on any atom is 0.304 e. The molecule has 2 N–H and O–H groups in total. The highest BCUT2D eigenvalue weighted by Gasteiger charge is 2.47. The predicted molar refractivity (Wildman–Crippen MR) is 61.5 cm³/mol. The molecule has 0 saturated heterocycles. The molecule has 0 saturated carbocycles. The SMILES string of the molecule is CCC1Cc2cccc(F)c2[C@@]1(N)OC(C)=O. The number of hydrogen-bond donors (Lipinski definition) is 1. The molecule has 2 rings (SSSR count). The van der Waals surface area contributed by atoms with E-state index in [4.69, 9.17) is 10.5 Å². The Labute approximate surface area is 99.8 Å². The molecular formula is C13H16FNO2. The third kappa shape index (κ3) is 1.82. The number of nitrogens with two attached hydrogens (primary N) is 1. The van der Waals surface area contributed by atoms with Crippen LogP contribution in [0.4, 0.5) is 4.39 Å². The molecule has 0 bridgehead atoms. The molecule has 92 valence electrons. The van der Waals surface area contributed by atoms with Crippen LogP contribution >= 0.6 is 0 Å². The second kappa shape index (κ2) is 4.11. The normalized spacial score (nSPS) is 26.7. The molecule has 3 nitrogen and oxygen atoms in total. The van der Waals surface area contributed by atoms with Gasteiger partial charge in [0.15, 0.2) is 5.72 Å². The Bertz CT molecular complexity index is 461. The summed E-state index contributed by atoms with van der Waals surface area (Å²) >= 11 is 0. The molecule has 1 aliphatic carbocycles. The molecular weight excluding hydrogens is 221 g/mol. The van der Waals surface area contributed by atoms with Crippen LogP contribution in [0.3, 0.4) is 0 Å². The highest BCUT2D eigenvalue weighted by molar-refractivity contribution is 5.67. The van der Waals surface area contributed by atoms with Crippen molar-refractivity contribution in [3.63, 3.8) is 0 Å². The lowest BCUT2D eigenvalue weighted by Crippen LogP contribution is -2.45. The lowest BCUT2D eigenvalue weighted by atomic mass is 9.94. The third-order valence-corrected chi connectivity index (χ3v) is 3.37. The first-order valence-electron chi connectivity index (χ1n) is 5.75. The minimum Gasteiger partial charge on any atom is -0.440 e. The number of benzene rings is 1. The van der Waals surface area contributed by atoms with Crippen molar-refractivity contribution in [3.8, 4) is 0 Å². The van der Waals surface area contributed by atoms with Crippen molar-refractivity contribution in [1.29, 1.82) is 0 Å². The number of carbonyl (C=O) groups excluding carboxylic acids is 1. The number of hydrogen-bond acceptors (Lipinski definition) is 3. The van der Waals surface area contributed by atoms with Gasteiger partial charge in [-0.05, 0) is 24.5 Å². The van der Waals surface area contributed by atoms with Crippen LogP contribution in [-0.2, 0) is 21.7 Å². The quantitative estimate of drug-likeness (QED) is 0.633. The molecule has 1 unspecified atom stereocenters. The molecule has 4 heteroatoms. The lowest BCUT2D eigenvalue weighted by molar-refractivity contribution is -0.163. The molecule has 0 aromatic heterocycles. The van der Waals surface area contributed by atoms with Crippen LogP contribution in [0.15, 0.2) is 18.2 Å². The largest absolute Gasteiger partial charge is 0.440 e. The molecule has 1 aliphatic rings. The van der Waals surface area contributed by atoms with E-state index in [0.717, 1.165) is 12.0 Å². The zero-order chi connectivity index (χ0) is 12.6. The van der Waals surface area contributed by atoms with Gasteiger partial charge in [0.05, 0.1) is 0 Å². The third-order valence-electron chi connectivity index (χ3n) is 3.37. The fourth-order valence-electron chi connectivity index (χ4n) is 2.62. The van der Waals surface area contributed by atoms with Gasteiger partial charge in [-0.25, -0.2) is 4.39 Å². The van der Waals surface area contributed by atoms with Gasteiger partial charge in [0.25, 0.3) is 0 Å². The Morgan fingerprint density at radius 3 is 2.94 bits per heavy atom. The van der Waals surface area contributed by atoms with Crippen LogP contribution in [0.25, 0.3) is 0 Å². The molecule has 0 aliphatic heterocycles. The van der Waals surface area contributed by atoms with Crippen LogP contribution in [0.1, 0.15) is 31.4 Å². The topological polar surface area (TPSA) is 52.3 Å². The Morgan fingerprint density at radius 1 is 1.65 bits per heavy atom. The Kier molecular flexibility index (Phi) is 2.91. The summed E-state index contributed by atoms with van der Waals surface area (Å²) in [7, 11) is 0. The second-order valence-corrected chi connectivity index (χ2v) is 4.47. The molecule has 0 spiro atoms. The van der Waals surface area contributed by atoms with Gasteiger partial charge >= 0.3 is 5.97 Å². The van der Waals surface area contributed by atoms with E-state index >= 15 is 0 Å². The number of halogens is 1. The molecule has 17 heavy (non-hydrogen) atoms.